The summed E-state index contributed by atoms with van der Waals surface area (Å²) in [5.41, 5.74) is 4.80. The highest BCUT2D eigenvalue weighted by atomic mass is 32.2. The second-order valence-electron chi connectivity index (χ2n) is 11.8. The third-order valence-corrected chi connectivity index (χ3v) is 12.5. The topological polar surface area (TPSA) is 95.0 Å². The standard InChI is InChI=1S/C35H36N2O5S2/c1-24-12-16-29(17-13-24)43(39,40)36-23-31-34(21-32(36)27-9-5-4-6-10-27)37(44(41,42)30-18-14-25(2)15-19-30)33(22-35(31)38)28-11-7-8-26(3)20-28/h4-20,32-34,38H,21-23H2,1-3H3/t32?,33?,34-/m0/s1. The van der Waals surface area contributed by atoms with Crippen molar-refractivity contribution >= 4 is 20.0 Å². The highest BCUT2D eigenvalue weighted by Crippen LogP contribution is 2.48. The van der Waals surface area contributed by atoms with Crippen LogP contribution in [0.5, 0.6) is 0 Å². The molecule has 7 nitrogen and oxygen atoms in total. The van der Waals surface area contributed by atoms with Gasteiger partial charge in [0.05, 0.1) is 33.7 Å². The van der Waals surface area contributed by atoms with Gasteiger partial charge in [0.2, 0.25) is 20.0 Å². The molecule has 1 saturated heterocycles. The van der Waals surface area contributed by atoms with E-state index >= 15 is 0 Å². The van der Waals surface area contributed by atoms with Crippen molar-refractivity contribution in [1.82, 2.24) is 8.61 Å². The number of nitrogens with zero attached hydrogens (tertiary/aromatic N) is 2. The van der Waals surface area contributed by atoms with E-state index in [1.165, 1.54) is 8.61 Å². The van der Waals surface area contributed by atoms with Gasteiger partial charge >= 0.3 is 0 Å². The molecule has 0 amide bonds. The molecule has 0 aromatic heterocycles. The Hall–Kier alpha value is -3.76. The predicted octanol–water partition coefficient (Wildman–Crippen LogP) is 6.76. The lowest BCUT2D eigenvalue weighted by Gasteiger charge is -2.49. The molecule has 2 unspecified atom stereocenters. The van der Waals surface area contributed by atoms with Gasteiger partial charge in [0.1, 0.15) is 0 Å². The van der Waals surface area contributed by atoms with Crippen LogP contribution < -0.4 is 0 Å². The molecule has 9 heteroatoms. The average Bonchev–Trinajstić information content (AvgIpc) is 3.01. The number of fused-ring (bicyclic) bond motifs is 1. The molecule has 0 spiro atoms. The summed E-state index contributed by atoms with van der Waals surface area (Å²) in [6.07, 6.45) is 0.177. The van der Waals surface area contributed by atoms with Crippen molar-refractivity contribution in [2.24, 2.45) is 0 Å². The maximum absolute atomic E-state index is 14.6. The molecule has 0 aliphatic carbocycles. The fourth-order valence-corrected chi connectivity index (χ4v) is 9.81. The van der Waals surface area contributed by atoms with Crippen LogP contribution in [0.1, 0.15) is 52.7 Å². The normalized spacial score (nSPS) is 21.7. The Kier molecular flexibility index (Phi) is 8.00. The Labute approximate surface area is 260 Å². The monoisotopic (exact) mass is 628 g/mol. The summed E-state index contributed by atoms with van der Waals surface area (Å²) in [6.45, 7) is 5.62. The van der Waals surface area contributed by atoms with Crippen LogP contribution in [-0.4, -0.2) is 43.1 Å². The summed E-state index contributed by atoms with van der Waals surface area (Å²) in [7, 11) is -8.09. The Morgan fingerprint density at radius 3 is 1.77 bits per heavy atom. The number of aryl methyl sites for hydroxylation is 3. The number of hydrogen-bond acceptors (Lipinski definition) is 5. The number of aliphatic hydroxyl groups excluding tert-OH is 1. The SMILES string of the molecule is Cc1ccc(S(=O)(=O)N2CC3=C(O)CC(c4cccc(C)c4)N(S(=O)(=O)c4ccc(C)cc4)[C@H]3CC2c2ccccc2)cc1. The van der Waals surface area contributed by atoms with E-state index in [1.54, 1.807) is 48.5 Å². The van der Waals surface area contributed by atoms with Crippen LogP contribution in [0.3, 0.4) is 0 Å². The minimum Gasteiger partial charge on any atom is -0.512 e. The Morgan fingerprint density at radius 2 is 1.18 bits per heavy atom. The first-order valence-electron chi connectivity index (χ1n) is 14.7. The fourth-order valence-electron chi connectivity index (χ4n) is 6.40. The van der Waals surface area contributed by atoms with Crippen LogP contribution in [0.4, 0.5) is 0 Å². The van der Waals surface area contributed by atoms with Crippen LogP contribution in [0.15, 0.2) is 124 Å². The third-order valence-electron chi connectivity index (χ3n) is 8.73. The zero-order valence-electron chi connectivity index (χ0n) is 25.0. The van der Waals surface area contributed by atoms with Crippen molar-refractivity contribution < 1.29 is 21.9 Å². The quantitative estimate of drug-likeness (QED) is 0.255. The van der Waals surface area contributed by atoms with E-state index in [2.05, 4.69) is 0 Å². The van der Waals surface area contributed by atoms with Gasteiger partial charge in [0, 0.05) is 18.5 Å². The molecule has 6 rings (SSSR count). The second-order valence-corrected chi connectivity index (χ2v) is 15.5. The lowest BCUT2D eigenvalue weighted by Crippen LogP contribution is -2.54. The van der Waals surface area contributed by atoms with Gasteiger partial charge in [-0.15, -0.1) is 0 Å². The van der Waals surface area contributed by atoms with E-state index in [9.17, 15) is 21.9 Å². The Balaban J connectivity index is 1.53. The van der Waals surface area contributed by atoms with E-state index in [-0.39, 0.29) is 34.9 Å². The largest absolute Gasteiger partial charge is 0.512 e. The number of rotatable bonds is 6. The van der Waals surface area contributed by atoms with Crippen molar-refractivity contribution in [2.45, 2.75) is 61.5 Å². The summed E-state index contributed by atoms with van der Waals surface area (Å²) in [6, 6.07) is 28.4. The summed E-state index contributed by atoms with van der Waals surface area (Å²) in [4.78, 5) is 0.313. The number of sulfonamides is 2. The first kappa shape index (κ1) is 30.3. The van der Waals surface area contributed by atoms with Crippen molar-refractivity contribution in [3.63, 3.8) is 0 Å². The van der Waals surface area contributed by atoms with Gasteiger partial charge in [0.15, 0.2) is 0 Å². The highest BCUT2D eigenvalue weighted by molar-refractivity contribution is 7.89. The Morgan fingerprint density at radius 1 is 0.614 bits per heavy atom. The molecule has 0 bridgehead atoms. The van der Waals surface area contributed by atoms with Gasteiger partial charge in [0.25, 0.3) is 0 Å². The van der Waals surface area contributed by atoms with E-state index in [0.717, 1.165) is 27.8 Å². The molecule has 44 heavy (non-hydrogen) atoms. The van der Waals surface area contributed by atoms with Crippen molar-refractivity contribution in [2.75, 3.05) is 6.54 Å². The lowest BCUT2D eigenvalue weighted by atomic mass is 9.84. The molecule has 3 atom stereocenters. The molecular formula is C35H36N2O5S2. The highest BCUT2D eigenvalue weighted by Gasteiger charge is 2.50. The molecule has 4 aromatic carbocycles. The first-order chi connectivity index (χ1) is 21.0. The minimum absolute atomic E-state index is 0.0347. The van der Waals surface area contributed by atoms with Gasteiger partial charge in [-0.25, -0.2) is 16.8 Å². The number of piperidine rings is 1. The maximum Gasteiger partial charge on any atom is 0.244 e. The van der Waals surface area contributed by atoms with Crippen LogP contribution in [0.2, 0.25) is 0 Å². The first-order valence-corrected chi connectivity index (χ1v) is 17.6. The van der Waals surface area contributed by atoms with E-state index in [1.807, 2.05) is 75.4 Å². The molecule has 0 saturated carbocycles. The molecule has 0 radical (unpaired) electrons. The van der Waals surface area contributed by atoms with Gasteiger partial charge < -0.3 is 5.11 Å². The average molecular weight is 629 g/mol. The molecule has 2 aliphatic heterocycles. The van der Waals surface area contributed by atoms with Crippen LogP contribution in [0.25, 0.3) is 0 Å². The van der Waals surface area contributed by atoms with Crippen molar-refractivity contribution in [3.05, 3.63) is 142 Å². The lowest BCUT2D eigenvalue weighted by molar-refractivity contribution is 0.144. The zero-order valence-corrected chi connectivity index (χ0v) is 26.6. The maximum atomic E-state index is 14.6. The summed E-state index contributed by atoms with van der Waals surface area (Å²) in [5, 5.41) is 11.6. The zero-order chi connectivity index (χ0) is 31.2. The molecule has 2 heterocycles. The second kappa shape index (κ2) is 11.6. The number of aliphatic hydroxyl groups is 1. The predicted molar refractivity (Wildman–Crippen MR) is 171 cm³/mol. The van der Waals surface area contributed by atoms with E-state index in [0.29, 0.717) is 5.57 Å². The molecule has 2 aliphatic rings. The van der Waals surface area contributed by atoms with Crippen LogP contribution >= 0.6 is 0 Å². The fraction of sp³-hybridized carbons (Fsp3) is 0.257. The van der Waals surface area contributed by atoms with Crippen molar-refractivity contribution in [1.29, 1.82) is 0 Å². The molecule has 1 N–H and O–H groups in total. The molecular weight excluding hydrogens is 593 g/mol. The molecule has 4 aromatic rings. The van der Waals surface area contributed by atoms with E-state index < -0.39 is 38.2 Å². The van der Waals surface area contributed by atoms with Crippen molar-refractivity contribution in [3.8, 4) is 0 Å². The smallest absolute Gasteiger partial charge is 0.244 e. The van der Waals surface area contributed by atoms with E-state index in [4.69, 9.17) is 0 Å². The van der Waals surface area contributed by atoms with Gasteiger partial charge in [-0.2, -0.15) is 8.61 Å². The van der Waals surface area contributed by atoms with Crippen LogP contribution in [-0.2, 0) is 20.0 Å². The summed E-state index contributed by atoms with van der Waals surface area (Å²) >= 11 is 0. The van der Waals surface area contributed by atoms with Gasteiger partial charge in [-0.1, -0.05) is 95.6 Å². The minimum atomic E-state index is -4.08. The van der Waals surface area contributed by atoms with Gasteiger partial charge in [-0.05, 0) is 62.6 Å². The molecule has 1 fully saturated rings. The third kappa shape index (κ3) is 5.49. The number of benzene rings is 4. The molecule has 228 valence electrons. The van der Waals surface area contributed by atoms with Crippen LogP contribution in [0, 0.1) is 20.8 Å². The number of hydrogen-bond donors (Lipinski definition) is 1. The van der Waals surface area contributed by atoms with Gasteiger partial charge in [-0.3, -0.25) is 0 Å². The summed E-state index contributed by atoms with van der Waals surface area (Å²) < 4.78 is 60.5. The Bertz CT molecular complexity index is 1920. The summed E-state index contributed by atoms with van der Waals surface area (Å²) in [5.74, 6) is 0.0347.